The molecule has 2 aromatic rings. The minimum absolute atomic E-state index is 0.0450. The molecule has 28 heavy (non-hydrogen) atoms. The van der Waals surface area contributed by atoms with E-state index in [2.05, 4.69) is 88.2 Å². The molecule has 4 nitrogen and oxygen atoms in total. The Morgan fingerprint density at radius 1 is 1.04 bits per heavy atom. The molecule has 2 rings (SSSR count). The van der Waals surface area contributed by atoms with Crippen LogP contribution in [-0.4, -0.2) is 34.7 Å². The summed E-state index contributed by atoms with van der Waals surface area (Å²) in [5, 5.41) is 9.45. The molecule has 0 saturated heterocycles. The quantitative estimate of drug-likeness (QED) is 0.203. The van der Waals surface area contributed by atoms with Crippen LogP contribution in [0.1, 0.15) is 40.1 Å². The van der Waals surface area contributed by atoms with Crippen molar-refractivity contribution >= 4 is 51.2 Å². The van der Waals surface area contributed by atoms with Gasteiger partial charge in [-0.1, -0.05) is 90.2 Å². The van der Waals surface area contributed by atoms with E-state index in [0.717, 1.165) is 11.1 Å². The minimum atomic E-state index is -0.783. The van der Waals surface area contributed by atoms with Gasteiger partial charge in [0.2, 0.25) is 0 Å². The molecule has 0 spiro atoms. The van der Waals surface area contributed by atoms with Gasteiger partial charge in [0, 0.05) is 12.1 Å². The Labute approximate surface area is 194 Å². The molecule has 152 valence electrons. The van der Waals surface area contributed by atoms with Crippen LogP contribution in [0.25, 0.3) is 0 Å². The molecule has 0 bridgehead atoms. The van der Waals surface area contributed by atoms with Crippen molar-refractivity contribution in [2.75, 3.05) is 13.2 Å². The minimum Gasteiger partial charge on any atom is -0.481 e. The van der Waals surface area contributed by atoms with Crippen LogP contribution in [0.4, 0.5) is 0 Å². The summed E-state index contributed by atoms with van der Waals surface area (Å²) in [4.78, 5) is 13.7. The average molecular weight is 607 g/mol. The topological polar surface area (TPSA) is 49.8 Å². The number of hydrogen-bond donors (Lipinski definition) is 1. The Kier molecular flexibility index (Phi) is 9.17. The fourth-order valence-electron chi connectivity index (χ4n) is 2.87. The lowest BCUT2D eigenvalue weighted by Gasteiger charge is -2.43. The molecule has 0 aromatic heterocycles. The molecule has 0 radical (unpaired) electrons. The predicted molar refractivity (Wildman–Crippen MR) is 130 cm³/mol. The van der Waals surface area contributed by atoms with Crippen molar-refractivity contribution in [2.45, 2.75) is 34.5 Å². The number of nitrogens with zero attached hydrogens (tertiary/aromatic N) is 1. The van der Waals surface area contributed by atoms with E-state index in [1.54, 1.807) is 6.92 Å². The molecule has 0 amide bonds. The molecule has 0 heterocycles. The third kappa shape index (κ3) is 6.67. The van der Waals surface area contributed by atoms with E-state index in [-0.39, 0.29) is 13.7 Å². The molecule has 0 aliphatic heterocycles. The van der Waals surface area contributed by atoms with Gasteiger partial charge in [-0.3, -0.25) is 9.69 Å². The number of alkyl halides is 2. The van der Waals surface area contributed by atoms with Gasteiger partial charge in [0.25, 0.3) is 0 Å². The van der Waals surface area contributed by atoms with Crippen LogP contribution in [0.2, 0.25) is 0 Å². The van der Waals surface area contributed by atoms with Gasteiger partial charge in [0.05, 0.1) is 16.6 Å². The first-order chi connectivity index (χ1) is 13.2. The van der Waals surface area contributed by atoms with Crippen molar-refractivity contribution in [1.29, 1.82) is 0 Å². The summed E-state index contributed by atoms with van der Waals surface area (Å²) in [5.74, 6) is -1.25. The molecule has 0 aliphatic rings. The molecule has 3 unspecified atom stereocenters. The lowest BCUT2D eigenvalue weighted by atomic mass is 10.00. The second-order valence-electron chi connectivity index (χ2n) is 7.49. The smallest absolute Gasteiger partial charge is 0.307 e. The number of carboxylic acids is 1. The van der Waals surface area contributed by atoms with Gasteiger partial charge in [-0.15, -0.1) is 0 Å². The molecule has 6 heteroatoms. The first-order valence-corrected chi connectivity index (χ1v) is 11.7. The molecule has 2 aromatic carbocycles. The second-order valence-corrected chi connectivity index (χ2v) is 9.80. The normalized spacial score (nSPS) is 15.2. The number of halogens is 2. The molecule has 0 saturated carbocycles. The maximum atomic E-state index is 11.5. The van der Waals surface area contributed by atoms with Crippen LogP contribution in [0.5, 0.6) is 0 Å². The van der Waals surface area contributed by atoms with Crippen molar-refractivity contribution in [1.82, 2.24) is 4.90 Å². The van der Waals surface area contributed by atoms with Gasteiger partial charge >= 0.3 is 5.97 Å². The first kappa shape index (κ1) is 23.6. The highest BCUT2D eigenvalue weighted by Gasteiger charge is 2.35. The molecular formula is C22H27I2NO3. The van der Waals surface area contributed by atoms with Crippen LogP contribution in [-0.2, 0) is 9.53 Å². The van der Waals surface area contributed by atoms with Gasteiger partial charge in [0.15, 0.2) is 0 Å². The number of benzene rings is 2. The average Bonchev–Trinajstić information content (AvgIpc) is 2.70. The van der Waals surface area contributed by atoms with E-state index in [1.807, 2.05) is 36.4 Å². The predicted octanol–water partition coefficient (Wildman–Crippen LogP) is 6.07. The first-order valence-electron chi connectivity index (χ1n) is 9.21. The van der Waals surface area contributed by atoms with E-state index in [4.69, 9.17) is 4.74 Å². The summed E-state index contributed by atoms with van der Waals surface area (Å²) in [7, 11) is 0. The standard InChI is InChI=1S/C22H27I2NO3/c1-16(21(26)27)14-25(19(23)17-10-6-4-7-11-17)22(2,3)15-28-20(24)18-12-8-5-9-13-18/h4-13,16,19-20H,14-15H2,1-3H3,(H,26,27). The number of aliphatic carboxylic acids is 1. The molecule has 3 atom stereocenters. The van der Waals surface area contributed by atoms with E-state index in [0.29, 0.717) is 13.2 Å². The zero-order valence-electron chi connectivity index (χ0n) is 16.4. The van der Waals surface area contributed by atoms with Crippen LogP contribution >= 0.6 is 45.2 Å². The Hall–Kier alpha value is -0.710. The van der Waals surface area contributed by atoms with Crippen molar-refractivity contribution in [3.63, 3.8) is 0 Å². The third-order valence-electron chi connectivity index (χ3n) is 4.66. The number of hydrogen-bond acceptors (Lipinski definition) is 3. The van der Waals surface area contributed by atoms with E-state index >= 15 is 0 Å². The third-order valence-corrected chi connectivity index (χ3v) is 7.13. The number of carboxylic acid groups (broad SMARTS) is 1. The van der Waals surface area contributed by atoms with Crippen LogP contribution in [0, 0.1) is 5.92 Å². The fourth-order valence-corrected chi connectivity index (χ4v) is 4.86. The van der Waals surface area contributed by atoms with Gasteiger partial charge in [-0.2, -0.15) is 0 Å². The number of rotatable bonds is 10. The van der Waals surface area contributed by atoms with Gasteiger partial charge in [-0.05, 0) is 47.6 Å². The van der Waals surface area contributed by atoms with Gasteiger partial charge in [-0.25, -0.2) is 0 Å². The Bertz CT molecular complexity index is 740. The van der Waals surface area contributed by atoms with Crippen molar-refractivity contribution in [2.24, 2.45) is 5.92 Å². The fraction of sp³-hybridized carbons (Fsp3) is 0.409. The van der Waals surface area contributed by atoms with Crippen molar-refractivity contribution in [3.05, 3.63) is 71.8 Å². The Morgan fingerprint density at radius 3 is 2.04 bits per heavy atom. The summed E-state index contributed by atoms with van der Waals surface area (Å²) in [6, 6.07) is 20.3. The van der Waals surface area contributed by atoms with E-state index in [1.165, 1.54) is 0 Å². The zero-order valence-corrected chi connectivity index (χ0v) is 20.7. The van der Waals surface area contributed by atoms with Crippen LogP contribution in [0.3, 0.4) is 0 Å². The maximum Gasteiger partial charge on any atom is 0.307 e. The summed E-state index contributed by atoms with van der Waals surface area (Å²) in [6.07, 6.45) is 0. The summed E-state index contributed by atoms with van der Waals surface area (Å²) >= 11 is 4.69. The summed E-state index contributed by atoms with van der Waals surface area (Å²) in [5.41, 5.74) is 1.94. The van der Waals surface area contributed by atoms with Gasteiger partial charge < -0.3 is 9.84 Å². The molecular weight excluding hydrogens is 580 g/mol. The SMILES string of the molecule is CC(CN(C(I)c1ccccc1)C(C)(C)COC(I)c1ccccc1)C(=O)O. The summed E-state index contributed by atoms with van der Waals surface area (Å²) < 4.78 is 6.19. The second kappa shape index (κ2) is 10.9. The lowest BCUT2D eigenvalue weighted by molar-refractivity contribution is -0.142. The highest BCUT2D eigenvalue weighted by molar-refractivity contribution is 14.1. The van der Waals surface area contributed by atoms with Gasteiger partial charge in [0.1, 0.15) is 4.11 Å². The van der Waals surface area contributed by atoms with E-state index in [9.17, 15) is 9.90 Å². The highest BCUT2D eigenvalue weighted by atomic mass is 127. The lowest BCUT2D eigenvalue weighted by Crippen LogP contribution is -2.50. The van der Waals surface area contributed by atoms with Crippen LogP contribution < -0.4 is 0 Å². The molecule has 0 aliphatic carbocycles. The van der Waals surface area contributed by atoms with E-state index < -0.39 is 11.9 Å². The number of carbonyl (C=O) groups is 1. The Balaban J connectivity index is 2.18. The van der Waals surface area contributed by atoms with Crippen molar-refractivity contribution in [3.8, 4) is 0 Å². The largest absolute Gasteiger partial charge is 0.481 e. The highest BCUT2D eigenvalue weighted by Crippen LogP contribution is 2.36. The maximum absolute atomic E-state index is 11.5. The molecule has 1 N–H and O–H groups in total. The van der Waals surface area contributed by atoms with Crippen LogP contribution in [0.15, 0.2) is 60.7 Å². The monoisotopic (exact) mass is 607 g/mol. The van der Waals surface area contributed by atoms with Crippen molar-refractivity contribution < 1.29 is 14.6 Å². The summed E-state index contributed by atoms with van der Waals surface area (Å²) in [6.45, 7) is 6.93. The molecule has 0 fully saturated rings. The number of ether oxygens (including phenoxy) is 1. The Morgan fingerprint density at radius 2 is 1.54 bits per heavy atom. The zero-order chi connectivity index (χ0) is 20.7.